The molecule has 0 saturated heterocycles. The number of phenolic OH excluding ortho intramolecular Hbond substituents is 1. The number of para-hydroxylation sites is 1. The van der Waals surface area contributed by atoms with E-state index in [1.54, 1.807) is 6.07 Å². The second kappa shape index (κ2) is 9.48. The fourth-order valence-electron chi connectivity index (χ4n) is 2.84. The predicted octanol–water partition coefficient (Wildman–Crippen LogP) is 5.55. The van der Waals surface area contributed by atoms with Gasteiger partial charge in [0.2, 0.25) is 0 Å². The van der Waals surface area contributed by atoms with Crippen molar-refractivity contribution in [3.63, 3.8) is 0 Å². The van der Waals surface area contributed by atoms with Crippen molar-refractivity contribution in [3.8, 4) is 11.5 Å². The molecule has 3 nitrogen and oxygen atoms in total. The van der Waals surface area contributed by atoms with Gasteiger partial charge in [-0.25, -0.2) is 0 Å². The van der Waals surface area contributed by atoms with E-state index < -0.39 is 0 Å². The molecule has 0 spiro atoms. The first kappa shape index (κ1) is 18.6. The first-order valence-corrected chi connectivity index (χ1v) is 9.25. The van der Waals surface area contributed by atoms with Crippen molar-refractivity contribution in [2.24, 2.45) is 0 Å². The molecule has 3 heteroatoms. The van der Waals surface area contributed by atoms with Crippen LogP contribution in [0.2, 0.25) is 0 Å². The number of nitrogens with two attached hydrogens (primary N) is 1. The lowest BCUT2D eigenvalue weighted by molar-refractivity contribution is 0.307. The molecule has 0 aliphatic rings. The number of nitrogen functional groups attached to an aromatic ring is 1. The van der Waals surface area contributed by atoms with E-state index in [1.807, 2.05) is 54.6 Å². The quantitative estimate of drug-likeness (QED) is 0.240. The molecule has 3 N–H and O–H groups in total. The molecule has 0 atom stereocenters. The topological polar surface area (TPSA) is 55.5 Å². The first-order chi connectivity index (χ1) is 13.2. The molecule has 3 rings (SSSR count). The third kappa shape index (κ3) is 5.65. The molecule has 0 amide bonds. The summed E-state index contributed by atoms with van der Waals surface area (Å²) < 4.78 is 5.82. The molecule has 27 heavy (non-hydrogen) atoms. The van der Waals surface area contributed by atoms with Gasteiger partial charge in [-0.2, -0.15) is 0 Å². The number of hydrogen-bond donors (Lipinski definition) is 2. The molecule has 0 aliphatic heterocycles. The van der Waals surface area contributed by atoms with Gasteiger partial charge in [-0.05, 0) is 48.6 Å². The molecule has 138 valence electrons. The van der Waals surface area contributed by atoms with Crippen LogP contribution in [0.1, 0.15) is 29.5 Å². The molecule has 0 aliphatic carbocycles. The highest BCUT2D eigenvalue weighted by molar-refractivity contribution is 5.76. The van der Waals surface area contributed by atoms with E-state index in [4.69, 9.17) is 10.5 Å². The van der Waals surface area contributed by atoms with Crippen LogP contribution in [0.25, 0.3) is 12.2 Å². The molecule has 0 aromatic heterocycles. The summed E-state index contributed by atoms with van der Waals surface area (Å²) in [7, 11) is 0. The second-order valence-corrected chi connectivity index (χ2v) is 6.48. The van der Waals surface area contributed by atoms with Gasteiger partial charge in [0.25, 0.3) is 0 Å². The van der Waals surface area contributed by atoms with Crippen LogP contribution in [-0.4, -0.2) is 11.7 Å². The van der Waals surface area contributed by atoms with E-state index >= 15 is 0 Å². The molecule has 0 radical (unpaired) electrons. The standard InChI is InChI=1S/C24H25NO2/c25-23-11-6-10-21(24(23)26)15-12-20-13-16-22(17-14-20)27-18-5-4-9-19-7-2-1-3-8-19/h1-3,6-8,10-17,26H,4-5,9,18,25H2/b15-12+. The fraction of sp³-hybridized carbons (Fsp3) is 0.167. The van der Waals surface area contributed by atoms with Crippen LogP contribution in [0.3, 0.4) is 0 Å². The van der Waals surface area contributed by atoms with Crippen LogP contribution in [0, 0.1) is 0 Å². The predicted molar refractivity (Wildman–Crippen MR) is 113 cm³/mol. The van der Waals surface area contributed by atoms with Crippen LogP contribution in [0.5, 0.6) is 11.5 Å². The molecular weight excluding hydrogens is 334 g/mol. The van der Waals surface area contributed by atoms with E-state index in [2.05, 4.69) is 24.3 Å². The molecule has 3 aromatic carbocycles. The van der Waals surface area contributed by atoms with E-state index in [-0.39, 0.29) is 5.75 Å². The molecular formula is C24H25NO2. The summed E-state index contributed by atoms with van der Waals surface area (Å²) in [4.78, 5) is 0. The Balaban J connectivity index is 1.44. The number of phenols is 1. The Morgan fingerprint density at radius 1 is 0.815 bits per heavy atom. The number of aryl methyl sites for hydroxylation is 1. The maximum absolute atomic E-state index is 9.94. The Morgan fingerprint density at radius 3 is 2.37 bits per heavy atom. The summed E-state index contributed by atoms with van der Waals surface area (Å²) in [5.41, 5.74) is 9.21. The van der Waals surface area contributed by atoms with Gasteiger partial charge >= 0.3 is 0 Å². The Bertz CT molecular complexity index is 871. The van der Waals surface area contributed by atoms with E-state index in [9.17, 15) is 5.11 Å². The molecule has 0 fully saturated rings. The lowest BCUT2D eigenvalue weighted by Gasteiger charge is -2.07. The lowest BCUT2D eigenvalue weighted by atomic mass is 10.1. The van der Waals surface area contributed by atoms with Crippen molar-refractivity contribution in [2.75, 3.05) is 12.3 Å². The summed E-state index contributed by atoms with van der Waals surface area (Å²) in [6, 6.07) is 23.8. The normalized spacial score (nSPS) is 11.0. The van der Waals surface area contributed by atoms with Gasteiger partial charge in [0.05, 0.1) is 12.3 Å². The Labute approximate surface area is 160 Å². The Morgan fingerprint density at radius 2 is 1.59 bits per heavy atom. The van der Waals surface area contributed by atoms with E-state index in [0.717, 1.165) is 37.2 Å². The number of benzene rings is 3. The first-order valence-electron chi connectivity index (χ1n) is 9.25. The largest absolute Gasteiger partial charge is 0.505 e. The third-order valence-electron chi connectivity index (χ3n) is 4.41. The highest BCUT2D eigenvalue weighted by atomic mass is 16.5. The smallest absolute Gasteiger partial charge is 0.145 e. The Kier molecular flexibility index (Phi) is 6.53. The van der Waals surface area contributed by atoms with Crippen LogP contribution >= 0.6 is 0 Å². The van der Waals surface area contributed by atoms with Crippen molar-refractivity contribution in [3.05, 3.63) is 89.5 Å². The second-order valence-electron chi connectivity index (χ2n) is 6.48. The van der Waals surface area contributed by atoms with Crippen LogP contribution in [-0.2, 0) is 6.42 Å². The summed E-state index contributed by atoms with van der Waals surface area (Å²) in [6.45, 7) is 0.721. The van der Waals surface area contributed by atoms with Crippen molar-refractivity contribution in [1.82, 2.24) is 0 Å². The summed E-state index contributed by atoms with van der Waals surface area (Å²) in [6.07, 6.45) is 7.04. The third-order valence-corrected chi connectivity index (χ3v) is 4.41. The minimum atomic E-state index is 0.115. The van der Waals surface area contributed by atoms with Crippen LogP contribution in [0.4, 0.5) is 5.69 Å². The van der Waals surface area contributed by atoms with Gasteiger partial charge in [0.15, 0.2) is 0 Å². The number of anilines is 1. The number of unbranched alkanes of at least 4 members (excludes halogenated alkanes) is 1. The Hall–Kier alpha value is -3.20. The highest BCUT2D eigenvalue weighted by Crippen LogP contribution is 2.26. The van der Waals surface area contributed by atoms with Gasteiger partial charge in [0.1, 0.15) is 11.5 Å². The average Bonchev–Trinajstić information content (AvgIpc) is 2.70. The maximum atomic E-state index is 9.94. The summed E-state index contributed by atoms with van der Waals surface area (Å²) >= 11 is 0. The SMILES string of the molecule is Nc1cccc(/C=C/c2ccc(OCCCCc3ccccc3)cc2)c1O. The van der Waals surface area contributed by atoms with Gasteiger partial charge in [-0.1, -0.05) is 66.7 Å². The number of aromatic hydroxyl groups is 1. The lowest BCUT2D eigenvalue weighted by Crippen LogP contribution is -1.98. The molecule has 0 bridgehead atoms. The van der Waals surface area contributed by atoms with Crippen molar-refractivity contribution in [2.45, 2.75) is 19.3 Å². The molecule has 0 heterocycles. The van der Waals surface area contributed by atoms with Gasteiger partial charge in [-0.3, -0.25) is 0 Å². The van der Waals surface area contributed by atoms with Gasteiger partial charge < -0.3 is 15.6 Å². The van der Waals surface area contributed by atoms with Crippen molar-refractivity contribution >= 4 is 17.8 Å². The van der Waals surface area contributed by atoms with Crippen LogP contribution in [0.15, 0.2) is 72.8 Å². The van der Waals surface area contributed by atoms with E-state index in [1.165, 1.54) is 5.56 Å². The minimum Gasteiger partial charge on any atom is -0.505 e. The number of ether oxygens (including phenoxy) is 1. The highest BCUT2D eigenvalue weighted by Gasteiger charge is 2.00. The molecule has 0 unspecified atom stereocenters. The van der Waals surface area contributed by atoms with E-state index in [0.29, 0.717) is 11.3 Å². The minimum absolute atomic E-state index is 0.115. The van der Waals surface area contributed by atoms with Crippen molar-refractivity contribution in [1.29, 1.82) is 0 Å². The number of hydrogen-bond acceptors (Lipinski definition) is 3. The summed E-state index contributed by atoms with van der Waals surface area (Å²) in [5, 5.41) is 9.94. The number of rotatable bonds is 8. The fourth-order valence-corrected chi connectivity index (χ4v) is 2.84. The van der Waals surface area contributed by atoms with Crippen LogP contribution < -0.4 is 10.5 Å². The summed E-state index contributed by atoms with van der Waals surface area (Å²) in [5.74, 6) is 0.989. The van der Waals surface area contributed by atoms with Gasteiger partial charge in [0, 0.05) is 5.56 Å². The zero-order chi connectivity index (χ0) is 18.9. The molecule has 0 saturated carbocycles. The molecule has 3 aromatic rings. The van der Waals surface area contributed by atoms with Crippen molar-refractivity contribution < 1.29 is 9.84 Å². The zero-order valence-electron chi connectivity index (χ0n) is 15.3. The monoisotopic (exact) mass is 359 g/mol. The zero-order valence-corrected chi connectivity index (χ0v) is 15.3. The average molecular weight is 359 g/mol. The maximum Gasteiger partial charge on any atom is 0.145 e. The van der Waals surface area contributed by atoms with Gasteiger partial charge in [-0.15, -0.1) is 0 Å².